The molecule has 2 aliphatic heterocycles. The summed E-state index contributed by atoms with van der Waals surface area (Å²) in [5.74, 6) is 1.01. The van der Waals surface area contributed by atoms with Crippen LogP contribution in [0, 0.1) is 0 Å². The van der Waals surface area contributed by atoms with Gasteiger partial charge in [0.25, 0.3) is 0 Å². The van der Waals surface area contributed by atoms with Crippen molar-refractivity contribution in [3.05, 3.63) is 59.7 Å². The first-order valence-electron chi connectivity index (χ1n) is 8.04. The van der Waals surface area contributed by atoms with Gasteiger partial charge in [0.1, 0.15) is 12.4 Å². The maximum atomic E-state index is 6.00. The third kappa shape index (κ3) is 2.81. The highest BCUT2D eigenvalue weighted by atomic mass is 16.5. The number of hydrogen-bond donors (Lipinski definition) is 0. The van der Waals surface area contributed by atoms with Crippen molar-refractivity contribution in [2.75, 3.05) is 31.6 Å². The van der Waals surface area contributed by atoms with E-state index >= 15 is 0 Å². The molecule has 2 atom stereocenters. The molecule has 1 fully saturated rings. The molecular formula is C19H22N2O. The summed E-state index contributed by atoms with van der Waals surface area (Å²) >= 11 is 0. The molecule has 0 aromatic heterocycles. The van der Waals surface area contributed by atoms with Crippen LogP contribution >= 0.6 is 0 Å². The molecule has 114 valence electrons. The van der Waals surface area contributed by atoms with Crippen molar-refractivity contribution >= 4 is 5.69 Å². The van der Waals surface area contributed by atoms with E-state index in [9.17, 15) is 0 Å². The second kappa shape index (κ2) is 5.65. The number of hydrogen-bond acceptors (Lipinski definition) is 3. The normalized spacial score (nSPS) is 22.5. The quantitative estimate of drug-likeness (QED) is 0.789. The van der Waals surface area contributed by atoms with Gasteiger partial charge < -0.3 is 9.64 Å². The third-order valence-corrected chi connectivity index (χ3v) is 4.68. The first-order chi connectivity index (χ1) is 10.8. The summed E-state index contributed by atoms with van der Waals surface area (Å²) in [4.78, 5) is 4.76. The molecule has 22 heavy (non-hydrogen) atoms. The summed E-state index contributed by atoms with van der Waals surface area (Å²) in [7, 11) is 2.15. The van der Waals surface area contributed by atoms with Gasteiger partial charge in [0.15, 0.2) is 0 Å². The monoisotopic (exact) mass is 294 g/mol. The van der Waals surface area contributed by atoms with Crippen LogP contribution in [0.1, 0.15) is 11.1 Å². The van der Waals surface area contributed by atoms with E-state index in [2.05, 4.69) is 65.4 Å². The summed E-state index contributed by atoms with van der Waals surface area (Å²) in [5.41, 5.74) is 4.15. The average Bonchev–Trinajstić information content (AvgIpc) is 3.19. The number of anilines is 1. The summed E-state index contributed by atoms with van der Waals surface area (Å²) in [6.07, 6.45) is 1.13. The Labute approximate surface area is 132 Å². The van der Waals surface area contributed by atoms with Gasteiger partial charge in [0.2, 0.25) is 0 Å². The minimum atomic E-state index is 0.566. The van der Waals surface area contributed by atoms with E-state index in [1.165, 1.54) is 16.8 Å². The summed E-state index contributed by atoms with van der Waals surface area (Å²) in [6, 6.07) is 17.7. The molecule has 0 spiro atoms. The van der Waals surface area contributed by atoms with E-state index in [1.54, 1.807) is 0 Å². The number of likely N-dealkylation sites (N-methyl/N-ethyl adjacent to an activating group) is 1. The smallest absolute Gasteiger partial charge is 0.119 e. The predicted molar refractivity (Wildman–Crippen MR) is 89.6 cm³/mol. The average molecular weight is 294 g/mol. The second-order valence-corrected chi connectivity index (χ2v) is 6.34. The Morgan fingerprint density at radius 1 is 1.14 bits per heavy atom. The topological polar surface area (TPSA) is 15.5 Å². The van der Waals surface area contributed by atoms with Crippen molar-refractivity contribution in [2.45, 2.75) is 19.0 Å². The van der Waals surface area contributed by atoms with Crippen molar-refractivity contribution in [3.63, 3.8) is 0 Å². The van der Waals surface area contributed by atoms with Crippen LogP contribution in [0.2, 0.25) is 0 Å². The zero-order valence-corrected chi connectivity index (χ0v) is 13.0. The van der Waals surface area contributed by atoms with Crippen LogP contribution < -0.4 is 9.64 Å². The Morgan fingerprint density at radius 3 is 2.86 bits per heavy atom. The third-order valence-electron chi connectivity index (χ3n) is 4.68. The molecule has 4 rings (SSSR count). The molecule has 2 aromatic carbocycles. The minimum absolute atomic E-state index is 0.566. The molecule has 0 bridgehead atoms. The van der Waals surface area contributed by atoms with E-state index in [1.807, 2.05) is 0 Å². The van der Waals surface area contributed by atoms with Crippen LogP contribution in [-0.2, 0) is 13.0 Å². The fraction of sp³-hybridized carbons (Fsp3) is 0.368. The van der Waals surface area contributed by atoms with Crippen molar-refractivity contribution in [1.29, 1.82) is 0 Å². The number of fused-ring (bicyclic) bond motifs is 1. The van der Waals surface area contributed by atoms with Gasteiger partial charge in [-0.15, -0.1) is 0 Å². The van der Waals surface area contributed by atoms with Gasteiger partial charge in [0.05, 0.1) is 6.04 Å². The Bertz CT molecular complexity index is 656. The molecule has 2 unspecified atom stereocenters. The SMILES string of the molecule is CN1CCc2cc(OCC3CN3Cc3ccccc3)ccc21. The predicted octanol–water partition coefficient (Wildman–Crippen LogP) is 2.94. The van der Waals surface area contributed by atoms with E-state index < -0.39 is 0 Å². The lowest BCUT2D eigenvalue weighted by Gasteiger charge is -2.12. The number of rotatable bonds is 5. The highest BCUT2D eigenvalue weighted by Gasteiger charge is 2.34. The Balaban J connectivity index is 1.30. The van der Waals surface area contributed by atoms with Gasteiger partial charge in [-0.3, -0.25) is 4.90 Å². The van der Waals surface area contributed by atoms with Crippen LogP contribution in [0.25, 0.3) is 0 Å². The lowest BCUT2D eigenvalue weighted by atomic mass is 10.1. The Hall–Kier alpha value is -2.00. The van der Waals surface area contributed by atoms with Crippen molar-refractivity contribution in [3.8, 4) is 5.75 Å². The molecule has 0 amide bonds. The van der Waals surface area contributed by atoms with Gasteiger partial charge >= 0.3 is 0 Å². The van der Waals surface area contributed by atoms with Gasteiger partial charge in [-0.2, -0.15) is 0 Å². The molecule has 3 nitrogen and oxygen atoms in total. The standard InChI is InChI=1S/C19H22N2O/c1-20-10-9-16-11-18(7-8-19(16)20)22-14-17-13-21(17)12-15-5-3-2-4-6-15/h2-8,11,17H,9-10,12-14H2,1H3. The largest absolute Gasteiger partial charge is 0.492 e. The van der Waals surface area contributed by atoms with Crippen molar-refractivity contribution < 1.29 is 4.74 Å². The molecule has 1 saturated heterocycles. The Morgan fingerprint density at radius 2 is 2.00 bits per heavy atom. The molecular weight excluding hydrogens is 272 g/mol. The molecule has 3 heteroatoms. The maximum Gasteiger partial charge on any atom is 0.119 e. The first-order valence-corrected chi connectivity index (χ1v) is 8.04. The van der Waals surface area contributed by atoms with Crippen LogP contribution in [-0.4, -0.2) is 37.7 Å². The van der Waals surface area contributed by atoms with Gasteiger partial charge in [-0.1, -0.05) is 30.3 Å². The lowest BCUT2D eigenvalue weighted by Crippen LogP contribution is -2.12. The molecule has 0 aliphatic carbocycles. The van der Waals surface area contributed by atoms with E-state index in [4.69, 9.17) is 4.74 Å². The zero-order valence-electron chi connectivity index (χ0n) is 13.0. The minimum Gasteiger partial charge on any atom is -0.492 e. The van der Waals surface area contributed by atoms with Crippen LogP contribution in [0.3, 0.4) is 0 Å². The molecule has 2 aliphatic rings. The van der Waals surface area contributed by atoms with E-state index in [0.29, 0.717) is 6.04 Å². The van der Waals surface area contributed by atoms with Crippen LogP contribution in [0.5, 0.6) is 5.75 Å². The van der Waals surface area contributed by atoms with Gasteiger partial charge in [0, 0.05) is 32.4 Å². The highest BCUT2D eigenvalue weighted by Crippen LogP contribution is 2.30. The number of nitrogens with zero attached hydrogens (tertiary/aromatic N) is 2. The van der Waals surface area contributed by atoms with Crippen LogP contribution in [0.15, 0.2) is 48.5 Å². The van der Waals surface area contributed by atoms with Gasteiger partial charge in [-0.05, 0) is 35.7 Å². The van der Waals surface area contributed by atoms with E-state index in [0.717, 1.165) is 38.4 Å². The molecule has 0 saturated carbocycles. The Kier molecular flexibility index (Phi) is 3.51. The fourth-order valence-electron chi connectivity index (χ4n) is 3.22. The zero-order chi connectivity index (χ0) is 14.9. The van der Waals surface area contributed by atoms with Crippen molar-refractivity contribution in [2.24, 2.45) is 0 Å². The molecule has 0 N–H and O–H groups in total. The number of benzene rings is 2. The maximum absolute atomic E-state index is 6.00. The fourth-order valence-corrected chi connectivity index (χ4v) is 3.22. The summed E-state index contributed by atoms with van der Waals surface area (Å²) in [5, 5.41) is 0. The summed E-state index contributed by atoms with van der Waals surface area (Å²) < 4.78 is 6.00. The highest BCUT2D eigenvalue weighted by molar-refractivity contribution is 5.59. The first kappa shape index (κ1) is 13.6. The van der Waals surface area contributed by atoms with E-state index in [-0.39, 0.29) is 0 Å². The lowest BCUT2D eigenvalue weighted by molar-refractivity contribution is 0.292. The summed E-state index contributed by atoms with van der Waals surface area (Å²) in [6.45, 7) is 4.08. The molecule has 2 heterocycles. The molecule has 2 aromatic rings. The second-order valence-electron chi connectivity index (χ2n) is 6.34. The van der Waals surface area contributed by atoms with Crippen LogP contribution in [0.4, 0.5) is 5.69 Å². The molecule has 0 radical (unpaired) electrons. The van der Waals surface area contributed by atoms with Gasteiger partial charge in [-0.25, -0.2) is 0 Å². The number of ether oxygens (including phenoxy) is 1. The van der Waals surface area contributed by atoms with Crippen molar-refractivity contribution in [1.82, 2.24) is 4.90 Å².